The number of hydrogen-bond donors (Lipinski definition) is 2. The minimum atomic E-state index is -1.23. The van der Waals surface area contributed by atoms with Crippen LogP contribution in [0.3, 0.4) is 0 Å². The molecule has 0 spiro atoms. The molecule has 3 aromatic rings. The first-order valence-electron chi connectivity index (χ1n) is 14.2. The average molecular weight is 662 g/mol. The summed E-state index contributed by atoms with van der Waals surface area (Å²) in [4.78, 5) is 59.1. The number of carbonyl (C=O) groups excluding carboxylic acids is 3. The molecule has 2 aliphatic rings. The number of urea groups is 1. The maximum Gasteiger partial charge on any atom is 0.326 e. The monoisotopic (exact) mass is 660 g/mol. The molecule has 0 bridgehead atoms. The van der Waals surface area contributed by atoms with Gasteiger partial charge in [-0.1, -0.05) is 64.5 Å². The molecule has 5 rings (SSSR count). The summed E-state index contributed by atoms with van der Waals surface area (Å²) in [5.74, 6) is -1.45. The van der Waals surface area contributed by atoms with Crippen molar-refractivity contribution in [3.63, 3.8) is 0 Å². The maximum atomic E-state index is 14.5. The second kappa shape index (κ2) is 12.6. The van der Waals surface area contributed by atoms with Crippen molar-refractivity contribution in [3.05, 3.63) is 99.5 Å². The number of rotatable bonds is 7. The predicted molar refractivity (Wildman–Crippen MR) is 168 cm³/mol. The van der Waals surface area contributed by atoms with Gasteiger partial charge in [-0.2, -0.15) is 0 Å². The number of ether oxygens (including phenoxy) is 1. The largest absolute Gasteiger partial charge is 0.487 e. The van der Waals surface area contributed by atoms with Crippen LogP contribution in [0.2, 0.25) is 0 Å². The minimum Gasteiger partial charge on any atom is -0.487 e. The first-order chi connectivity index (χ1) is 20.9. The number of benzene rings is 3. The Labute approximate surface area is 263 Å². The van der Waals surface area contributed by atoms with E-state index in [0.717, 1.165) is 15.6 Å². The number of carboxylic acids is 1. The van der Waals surface area contributed by atoms with Gasteiger partial charge in [0.05, 0.1) is 11.6 Å². The standard InChI is InChI=1S/C33H33BrN4O6/c1-33(2,3)44-26-17-22(25(39)18-28(41)42)11-14-24(26)31-36-29(20-7-5-4-6-8-20)30(21-9-12-23(34)13-10-21)38(31)32(43)37-16-15-35-27(40)19-37/h4-14,17,29-30H,15-16,18-19H2,1-3H3,(H,35,40)(H,41,42)/t29-,30+/m0/s1. The van der Waals surface area contributed by atoms with E-state index in [1.54, 1.807) is 11.0 Å². The van der Waals surface area contributed by atoms with Gasteiger partial charge in [-0.05, 0) is 56.2 Å². The van der Waals surface area contributed by atoms with E-state index in [1.807, 2.05) is 75.4 Å². The first-order valence-corrected chi connectivity index (χ1v) is 15.0. The van der Waals surface area contributed by atoms with E-state index in [4.69, 9.17) is 9.73 Å². The summed E-state index contributed by atoms with van der Waals surface area (Å²) >= 11 is 3.50. The number of ketones is 1. The van der Waals surface area contributed by atoms with Gasteiger partial charge in [0.2, 0.25) is 5.91 Å². The molecule has 2 atom stereocenters. The Morgan fingerprint density at radius 1 is 1.02 bits per heavy atom. The molecule has 2 heterocycles. The topological polar surface area (TPSA) is 129 Å². The lowest BCUT2D eigenvalue weighted by Gasteiger charge is -2.36. The number of amidine groups is 1. The fraction of sp³-hybridized carbons (Fsp3) is 0.303. The van der Waals surface area contributed by atoms with Crippen LogP contribution >= 0.6 is 15.9 Å². The highest BCUT2D eigenvalue weighted by molar-refractivity contribution is 9.10. The molecule has 228 valence electrons. The minimum absolute atomic E-state index is 0.0976. The summed E-state index contributed by atoms with van der Waals surface area (Å²) in [6.45, 7) is 6.11. The summed E-state index contributed by atoms with van der Waals surface area (Å²) < 4.78 is 7.21. The number of halogens is 1. The summed E-state index contributed by atoms with van der Waals surface area (Å²) in [6.07, 6.45) is -0.668. The van der Waals surface area contributed by atoms with Gasteiger partial charge >= 0.3 is 12.0 Å². The molecule has 0 aliphatic carbocycles. The number of carbonyl (C=O) groups is 4. The zero-order chi connectivity index (χ0) is 31.6. The molecule has 2 aliphatic heterocycles. The van der Waals surface area contributed by atoms with Gasteiger partial charge in [0.25, 0.3) is 0 Å². The molecule has 1 fully saturated rings. The summed E-state index contributed by atoms with van der Waals surface area (Å²) in [5.41, 5.74) is 1.65. The number of aliphatic imine (C=N–C) groups is 1. The Bertz CT molecular complexity index is 1620. The van der Waals surface area contributed by atoms with E-state index in [0.29, 0.717) is 24.5 Å². The molecule has 1 saturated heterocycles. The number of Topliss-reactive ketones (excluding diaryl/α,β-unsaturated/α-hetero) is 1. The van der Waals surface area contributed by atoms with Crippen molar-refractivity contribution in [1.29, 1.82) is 0 Å². The van der Waals surface area contributed by atoms with Crippen LogP contribution in [0.5, 0.6) is 5.75 Å². The second-order valence-corrected chi connectivity index (χ2v) is 12.6. The predicted octanol–water partition coefficient (Wildman–Crippen LogP) is 5.38. The highest BCUT2D eigenvalue weighted by Crippen LogP contribution is 2.45. The fourth-order valence-corrected chi connectivity index (χ4v) is 5.60. The van der Waals surface area contributed by atoms with Crippen molar-refractivity contribution in [2.45, 2.75) is 44.9 Å². The lowest BCUT2D eigenvalue weighted by Crippen LogP contribution is -2.55. The van der Waals surface area contributed by atoms with E-state index in [2.05, 4.69) is 21.2 Å². The Kier molecular flexibility index (Phi) is 8.87. The molecule has 11 heteroatoms. The van der Waals surface area contributed by atoms with E-state index < -0.39 is 41.9 Å². The first kappa shape index (κ1) is 30.9. The fourth-order valence-electron chi connectivity index (χ4n) is 5.33. The van der Waals surface area contributed by atoms with Crippen LogP contribution in [-0.4, -0.2) is 69.7 Å². The molecule has 10 nitrogen and oxygen atoms in total. The van der Waals surface area contributed by atoms with E-state index >= 15 is 0 Å². The van der Waals surface area contributed by atoms with Crippen molar-refractivity contribution in [3.8, 4) is 5.75 Å². The van der Waals surface area contributed by atoms with Crippen LogP contribution in [-0.2, 0) is 9.59 Å². The number of amides is 3. The zero-order valence-corrected chi connectivity index (χ0v) is 26.2. The molecule has 2 N–H and O–H groups in total. The molecule has 3 amide bonds. The van der Waals surface area contributed by atoms with Gasteiger partial charge in [-0.15, -0.1) is 0 Å². The Morgan fingerprint density at radius 2 is 1.73 bits per heavy atom. The number of hydrogen-bond acceptors (Lipinski definition) is 6. The number of nitrogens with one attached hydrogen (secondary N) is 1. The van der Waals surface area contributed by atoms with Crippen molar-refractivity contribution in [2.75, 3.05) is 19.6 Å². The molecule has 3 aromatic carbocycles. The van der Waals surface area contributed by atoms with Crippen LogP contribution in [0.25, 0.3) is 0 Å². The van der Waals surface area contributed by atoms with Gasteiger partial charge in [0.1, 0.15) is 36.2 Å². The number of piperazine rings is 1. The van der Waals surface area contributed by atoms with Gasteiger partial charge < -0.3 is 20.1 Å². The highest BCUT2D eigenvalue weighted by atomic mass is 79.9. The molecule has 0 saturated carbocycles. The Morgan fingerprint density at radius 3 is 2.36 bits per heavy atom. The van der Waals surface area contributed by atoms with Gasteiger partial charge in [-0.3, -0.25) is 24.3 Å². The van der Waals surface area contributed by atoms with Gasteiger partial charge in [-0.25, -0.2) is 4.79 Å². The van der Waals surface area contributed by atoms with E-state index in [-0.39, 0.29) is 23.8 Å². The third-order valence-corrected chi connectivity index (χ3v) is 7.74. The SMILES string of the molecule is CC(C)(C)Oc1cc(C(=O)CC(=O)O)ccc1C1=N[C@@H](c2ccccc2)[C@@H](c2ccc(Br)cc2)N1C(=O)N1CCNC(=O)C1. The quantitative estimate of drug-likeness (QED) is 0.259. The number of carboxylic acid groups (broad SMARTS) is 1. The second-order valence-electron chi connectivity index (χ2n) is 11.6. The third kappa shape index (κ3) is 6.83. The van der Waals surface area contributed by atoms with Crippen LogP contribution in [0, 0.1) is 0 Å². The molecular formula is C33H33BrN4O6. The zero-order valence-electron chi connectivity index (χ0n) is 24.6. The average Bonchev–Trinajstić information content (AvgIpc) is 3.36. The van der Waals surface area contributed by atoms with Gasteiger partial charge in [0.15, 0.2) is 5.78 Å². The van der Waals surface area contributed by atoms with Crippen LogP contribution < -0.4 is 10.1 Å². The van der Waals surface area contributed by atoms with E-state index in [9.17, 15) is 24.3 Å². The van der Waals surface area contributed by atoms with E-state index in [1.165, 1.54) is 17.0 Å². The molecule has 44 heavy (non-hydrogen) atoms. The maximum absolute atomic E-state index is 14.5. The smallest absolute Gasteiger partial charge is 0.326 e. The van der Waals surface area contributed by atoms with Crippen LogP contribution in [0.15, 0.2) is 82.3 Å². The molecule has 0 aromatic heterocycles. The van der Waals surface area contributed by atoms with Crippen molar-refractivity contribution in [2.24, 2.45) is 4.99 Å². The Balaban J connectivity index is 1.71. The third-order valence-electron chi connectivity index (χ3n) is 7.21. The number of aliphatic carboxylic acids is 1. The summed E-state index contributed by atoms with van der Waals surface area (Å²) in [5, 5.41) is 12.0. The van der Waals surface area contributed by atoms with Crippen molar-refractivity contribution in [1.82, 2.24) is 15.1 Å². The molecule has 0 radical (unpaired) electrons. The molecule has 0 unspecified atom stereocenters. The molecular weight excluding hydrogens is 628 g/mol. The number of nitrogens with zero attached hydrogens (tertiary/aromatic N) is 3. The summed E-state index contributed by atoms with van der Waals surface area (Å²) in [6, 6.07) is 20.6. The summed E-state index contributed by atoms with van der Waals surface area (Å²) in [7, 11) is 0. The van der Waals surface area contributed by atoms with Crippen molar-refractivity contribution < 1.29 is 29.0 Å². The normalized spacial score (nSPS) is 18.5. The van der Waals surface area contributed by atoms with Crippen molar-refractivity contribution >= 4 is 45.5 Å². The Hall–Kier alpha value is -4.51. The lowest BCUT2D eigenvalue weighted by molar-refractivity contribution is -0.136. The van der Waals surface area contributed by atoms with Gasteiger partial charge in [0, 0.05) is 23.1 Å². The highest BCUT2D eigenvalue weighted by Gasteiger charge is 2.45. The van der Waals surface area contributed by atoms with Crippen LogP contribution in [0.4, 0.5) is 4.79 Å². The lowest BCUT2D eigenvalue weighted by atomic mass is 9.93. The van der Waals surface area contributed by atoms with Crippen LogP contribution in [0.1, 0.15) is 66.3 Å².